The van der Waals surface area contributed by atoms with Gasteiger partial charge in [0.1, 0.15) is 35.0 Å². The molecule has 0 fully saturated rings. The quantitative estimate of drug-likeness (QED) is 0.370. The third-order valence-corrected chi connectivity index (χ3v) is 5.36. The number of furan rings is 1. The first-order valence-corrected chi connectivity index (χ1v) is 9.21. The Bertz CT molecular complexity index is 1070. The predicted octanol–water partition coefficient (Wildman–Crippen LogP) is 0.516. The van der Waals surface area contributed by atoms with Gasteiger partial charge in [-0.15, -0.1) is 5.46 Å². The van der Waals surface area contributed by atoms with Gasteiger partial charge in [-0.1, -0.05) is 10.9 Å². The minimum absolute atomic E-state index is 0.00602. The van der Waals surface area contributed by atoms with Gasteiger partial charge in [0.15, 0.2) is 17.1 Å². The number of carbonyl (C=O) groups is 1. The Morgan fingerprint density at radius 3 is 2.15 bits per heavy atom. The summed E-state index contributed by atoms with van der Waals surface area (Å²) in [6.07, 6.45) is 0.00880. The molecule has 0 saturated heterocycles. The van der Waals surface area contributed by atoms with Gasteiger partial charge in [-0.25, -0.2) is 0 Å². The van der Waals surface area contributed by atoms with E-state index in [-0.39, 0.29) is 63.0 Å². The van der Waals surface area contributed by atoms with E-state index in [2.05, 4.69) is 31.9 Å². The fourth-order valence-corrected chi connectivity index (χ4v) is 3.98. The highest BCUT2D eigenvalue weighted by Crippen LogP contribution is 2.36. The minimum atomic E-state index is -0.492. The van der Waals surface area contributed by atoms with Crippen LogP contribution in [0.2, 0.25) is 0 Å². The summed E-state index contributed by atoms with van der Waals surface area (Å²) in [7, 11) is 17.6. The summed E-state index contributed by atoms with van der Waals surface area (Å²) in [4.78, 5) is 13.2. The van der Waals surface area contributed by atoms with E-state index in [0.29, 0.717) is 8.95 Å². The van der Waals surface area contributed by atoms with Crippen LogP contribution in [0.4, 0.5) is 0 Å². The molecular formula is C17H9B3Br2O5. The van der Waals surface area contributed by atoms with E-state index in [9.17, 15) is 20.1 Å². The molecule has 0 aliphatic carbocycles. The first-order valence-electron chi connectivity index (χ1n) is 7.63. The Morgan fingerprint density at radius 2 is 1.59 bits per heavy atom. The SMILES string of the molecule is [B]c1c([B])c([B])c2c(C(=O)c3cc(Br)c(O)c(Br)c3)c(CCO)oc2c1O. The zero-order valence-corrected chi connectivity index (χ0v) is 16.9. The molecule has 0 amide bonds. The van der Waals surface area contributed by atoms with E-state index in [1.165, 1.54) is 12.1 Å². The van der Waals surface area contributed by atoms with E-state index in [4.69, 9.17) is 28.0 Å². The largest absolute Gasteiger partial charge is 0.506 e. The molecule has 0 aliphatic rings. The predicted molar refractivity (Wildman–Crippen MR) is 112 cm³/mol. The van der Waals surface area contributed by atoms with Crippen LogP contribution in [0.3, 0.4) is 0 Å². The van der Waals surface area contributed by atoms with Crippen LogP contribution in [0.25, 0.3) is 11.0 Å². The molecule has 2 aromatic carbocycles. The highest BCUT2D eigenvalue weighted by molar-refractivity contribution is 9.11. The first-order chi connectivity index (χ1) is 12.7. The second-order valence-corrected chi connectivity index (χ2v) is 7.49. The molecule has 1 heterocycles. The standard InChI is InChI=1S/C17H9B3Br2O5/c18-11-10-9(14(24)5-3-6(21)15(25)7(22)4-5)8(1-2-23)27-17(10)16(26)13(20)12(11)19/h3-4,23,25-26H,1-2H2. The molecule has 0 aliphatic heterocycles. The zero-order chi connectivity index (χ0) is 20.0. The molecule has 0 atom stereocenters. The number of phenols is 2. The molecule has 0 unspecified atom stereocenters. The van der Waals surface area contributed by atoms with Crippen molar-refractivity contribution in [2.45, 2.75) is 6.42 Å². The molecular weight excluding hydrogens is 476 g/mol. The molecule has 6 radical (unpaired) electrons. The number of hydrogen-bond acceptors (Lipinski definition) is 5. The first kappa shape index (κ1) is 20.1. The Labute approximate surface area is 175 Å². The van der Waals surface area contributed by atoms with E-state index in [1.807, 2.05) is 0 Å². The topological polar surface area (TPSA) is 90.9 Å². The molecule has 5 nitrogen and oxygen atoms in total. The monoisotopic (exact) mass is 484 g/mol. The zero-order valence-electron chi connectivity index (χ0n) is 13.7. The minimum Gasteiger partial charge on any atom is -0.506 e. The lowest BCUT2D eigenvalue weighted by Gasteiger charge is -2.11. The van der Waals surface area contributed by atoms with Crippen molar-refractivity contribution in [3.8, 4) is 11.5 Å². The summed E-state index contributed by atoms with van der Waals surface area (Å²) < 4.78 is 6.20. The van der Waals surface area contributed by atoms with Crippen LogP contribution in [0, 0.1) is 0 Å². The summed E-state index contributed by atoms with van der Waals surface area (Å²) in [6, 6.07) is 2.86. The average Bonchev–Trinajstić information content (AvgIpc) is 3.01. The van der Waals surface area contributed by atoms with Crippen LogP contribution in [0.1, 0.15) is 21.7 Å². The van der Waals surface area contributed by atoms with E-state index in [0.717, 1.165) is 0 Å². The van der Waals surface area contributed by atoms with Crippen molar-refractivity contribution in [2.75, 3.05) is 6.61 Å². The number of phenolic OH excluding ortho intramolecular Hbond substituents is 2. The van der Waals surface area contributed by atoms with Crippen LogP contribution in [-0.4, -0.2) is 51.2 Å². The molecule has 1 aromatic heterocycles. The lowest BCUT2D eigenvalue weighted by atomic mass is 9.70. The lowest BCUT2D eigenvalue weighted by molar-refractivity contribution is 0.103. The number of carbonyl (C=O) groups excluding carboxylic acids is 1. The van der Waals surface area contributed by atoms with Gasteiger partial charge in [-0.3, -0.25) is 4.79 Å². The van der Waals surface area contributed by atoms with Crippen LogP contribution in [-0.2, 0) is 6.42 Å². The molecule has 0 saturated carbocycles. The fraction of sp³-hybridized carbons (Fsp3) is 0.118. The molecule has 0 spiro atoms. The molecule has 0 bridgehead atoms. The number of halogens is 2. The van der Waals surface area contributed by atoms with Gasteiger partial charge in [0.2, 0.25) is 0 Å². The number of benzene rings is 2. The van der Waals surface area contributed by atoms with Crippen LogP contribution >= 0.6 is 31.9 Å². The lowest BCUT2D eigenvalue weighted by Crippen LogP contribution is -2.39. The maximum Gasteiger partial charge on any atom is 0.197 e. The normalized spacial score (nSPS) is 11.2. The van der Waals surface area contributed by atoms with Gasteiger partial charge < -0.3 is 19.7 Å². The average molecular weight is 485 g/mol. The molecule has 3 rings (SSSR count). The summed E-state index contributed by atoms with van der Waals surface area (Å²) in [5.41, 5.74) is -0.0425. The van der Waals surface area contributed by atoms with E-state index < -0.39 is 11.5 Å². The molecule has 10 heteroatoms. The summed E-state index contributed by atoms with van der Waals surface area (Å²) in [5.74, 6) is -0.852. The van der Waals surface area contributed by atoms with Gasteiger partial charge in [0.05, 0.1) is 21.1 Å². The van der Waals surface area contributed by atoms with Crippen LogP contribution in [0.5, 0.6) is 11.5 Å². The van der Waals surface area contributed by atoms with Gasteiger partial charge >= 0.3 is 0 Å². The van der Waals surface area contributed by atoms with Crippen molar-refractivity contribution in [3.05, 3.63) is 38.0 Å². The number of aliphatic hydroxyl groups excluding tert-OH is 1. The van der Waals surface area contributed by atoms with Crippen LogP contribution in [0.15, 0.2) is 25.5 Å². The maximum absolute atomic E-state index is 13.2. The Balaban J connectivity index is 2.36. The van der Waals surface area contributed by atoms with Crippen molar-refractivity contribution in [1.29, 1.82) is 0 Å². The van der Waals surface area contributed by atoms with Crippen molar-refractivity contribution in [2.24, 2.45) is 0 Å². The number of fused-ring (bicyclic) bond motifs is 1. The third-order valence-electron chi connectivity index (χ3n) is 4.15. The second kappa shape index (κ2) is 7.41. The Kier molecular flexibility index (Phi) is 5.52. The Morgan fingerprint density at radius 1 is 1.00 bits per heavy atom. The summed E-state index contributed by atoms with van der Waals surface area (Å²) in [6.45, 7) is -0.297. The number of aliphatic hydroxyl groups is 1. The fourth-order valence-electron chi connectivity index (χ4n) is 2.79. The van der Waals surface area contributed by atoms with Crippen molar-refractivity contribution in [3.63, 3.8) is 0 Å². The highest BCUT2D eigenvalue weighted by atomic mass is 79.9. The summed E-state index contributed by atoms with van der Waals surface area (Å²) in [5, 5.41) is 29.6. The number of rotatable bonds is 4. The molecule has 3 aromatic rings. The molecule has 3 N–H and O–H groups in total. The number of hydrogen-bond donors (Lipinski definition) is 3. The van der Waals surface area contributed by atoms with E-state index >= 15 is 0 Å². The Hall–Kier alpha value is -1.64. The highest BCUT2D eigenvalue weighted by Gasteiger charge is 2.27. The van der Waals surface area contributed by atoms with E-state index in [1.54, 1.807) is 0 Å². The van der Waals surface area contributed by atoms with Crippen LogP contribution < -0.4 is 16.4 Å². The number of ketones is 1. The maximum atomic E-state index is 13.2. The van der Waals surface area contributed by atoms with Gasteiger partial charge in [-0.05, 0) is 44.0 Å². The van der Waals surface area contributed by atoms with Crippen molar-refractivity contribution in [1.82, 2.24) is 0 Å². The second-order valence-electron chi connectivity index (χ2n) is 5.79. The molecule has 130 valence electrons. The van der Waals surface area contributed by atoms with Gasteiger partial charge in [-0.2, -0.15) is 0 Å². The van der Waals surface area contributed by atoms with Gasteiger partial charge in [0, 0.05) is 17.4 Å². The van der Waals surface area contributed by atoms with Crippen molar-refractivity contribution < 1.29 is 24.5 Å². The number of aromatic hydroxyl groups is 2. The van der Waals surface area contributed by atoms with Crippen molar-refractivity contribution >= 4 is 88.5 Å². The van der Waals surface area contributed by atoms with Gasteiger partial charge in [0.25, 0.3) is 0 Å². The molecule has 27 heavy (non-hydrogen) atoms. The smallest absolute Gasteiger partial charge is 0.197 e. The third kappa shape index (κ3) is 3.24. The summed E-state index contributed by atoms with van der Waals surface area (Å²) >= 11 is 6.36.